The zero-order chi connectivity index (χ0) is 15.4. The van der Waals surface area contributed by atoms with Crippen molar-refractivity contribution in [2.75, 3.05) is 7.11 Å². The van der Waals surface area contributed by atoms with E-state index in [1.54, 1.807) is 7.11 Å². The number of methoxy groups -OCH3 is 1. The standard InChI is InChI=1S/C16H16F3NO/c1-10(12-5-3-4-6-16(12)21-2)20-9-11-7-14(18)15(19)8-13(11)17/h3-8,10,20H,9H2,1-2H3/t10-/m0/s1. The van der Waals surface area contributed by atoms with Crippen molar-refractivity contribution in [2.24, 2.45) is 0 Å². The second-order valence-corrected chi connectivity index (χ2v) is 4.70. The molecule has 5 heteroatoms. The molecule has 0 bridgehead atoms. The maximum atomic E-state index is 13.6. The molecule has 0 amide bonds. The highest BCUT2D eigenvalue weighted by Gasteiger charge is 2.13. The molecule has 0 heterocycles. The second-order valence-electron chi connectivity index (χ2n) is 4.70. The fourth-order valence-corrected chi connectivity index (χ4v) is 2.10. The Morgan fingerprint density at radius 3 is 2.43 bits per heavy atom. The highest BCUT2D eigenvalue weighted by atomic mass is 19.2. The maximum absolute atomic E-state index is 13.6. The van der Waals surface area contributed by atoms with Gasteiger partial charge in [-0.2, -0.15) is 0 Å². The third-order valence-corrected chi connectivity index (χ3v) is 3.29. The lowest BCUT2D eigenvalue weighted by atomic mass is 10.1. The van der Waals surface area contributed by atoms with Crippen LogP contribution in [0.5, 0.6) is 5.75 Å². The number of benzene rings is 2. The van der Waals surface area contributed by atoms with Gasteiger partial charge in [0.25, 0.3) is 0 Å². The topological polar surface area (TPSA) is 21.3 Å². The zero-order valence-electron chi connectivity index (χ0n) is 11.8. The van der Waals surface area contributed by atoms with Crippen molar-refractivity contribution in [2.45, 2.75) is 19.5 Å². The molecule has 0 radical (unpaired) electrons. The molecule has 112 valence electrons. The van der Waals surface area contributed by atoms with Gasteiger partial charge in [0, 0.05) is 29.8 Å². The molecule has 0 saturated carbocycles. The molecule has 0 spiro atoms. The number of rotatable bonds is 5. The largest absolute Gasteiger partial charge is 0.496 e. The van der Waals surface area contributed by atoms with Gasteiger partial charge in [0.05, 0.1) is 7.11 Å². The van der Waals surface area contributed by atoms with E-state index in [0.717, 1.165) is 11.6 Å². The Bertz CT molecular complexity index is 631. The van der Waals surface area contributed by atoms with E-state index in [1.807, 2.05) is 31.2 Å². The van der Waals surface area contributed by atoms with E-state index in [-0.39, 0.29) is 18.2 Å². The molecular weight excluding hydrogens is 279 g/mol. The molecule has 0 unspecified atom stereocenters. The molecule has 2 aromatic carbocycles. The van der Waals surface area contributed by atoms with E-state index < -0.39 is 17.5 Å². The van der Waals surface area contributed by atoms with Crippen molar-refractivity contribution >= 4 is 0 Å². The minimum atomic E-state index is -1.19. The predicted octanol–water partition coefficient (Wildman–Crippen LogP) is 3.96. The van der Waals surface area contributed by atoms with Gasteiger partial charge in [-0.1, -0.05) is 18.2 Å². The number of para-hydroxylation sites is 1. The van der Waals surface area contributed by atoms with E-state index in [0.29, 0.717) is 11.8 Å². The quantitative estimate of drug-likeness (QED) is 0.843. The Labute approximate surface area is 121 Å². The summed E-state index contributed by atoms with van der Waals surface area (Å²) in [6.45, 7) is 1.97. The molecule has 2 rings (SSSR count). The average molecular weight is 295 g/mol. The van der Waals surface area contributed by atoms with Crippen molar-refractivity contribution in [1.29, 1.82) is 0 Å². The van der Waals surface area contributed by atoms with Crippen LogP contribution in [0.15, 0.2) is 36.4 Å². The average Bonchev–Trinajstić information content (AvgIpc) is 2.49. The van der Waals surface area contributed by atoms with Gasteiger partial charge >= 0.3 is 0 Å². The fourth-order valence-electron chi connectivity index (χ4n) is 2.10. The van der Waals surface area contributed by atoms with E-state index >= 15 is 0 Å². The molecule has 2 nitrogen and oxygen atoms in total. The summed E-state index contributed by atoms with van der Waals surface area (Å²) in [6.07, 6.45) is 0. The highest BCUT2D eigenvalue weighted by Crippen LogP contribution is 2.25. The Balaban J connectivity index is 2.11. The summed E-state index contributed by atoms with van der Waals surface area (Å²) < 4.78 is 44.8. The normalized spacial score (nSPS) is 12.2. The van der Waals surface area contributed by atoms with Gasteiger partial charge < -0.3 is 10.1 Å². The number of hydrogen-bond acceptors (Lipinski definition) is 2. The highest BCUT2D eigenvalue weighted by molar-refractivity contribution is 5.35. The number of ether oxygens (including phenoxy) is 1. The van der Waals surface area contributed by atoms with Crippen molar-refractivity contribution in [1.82, 2.24) is 5.32 Å². The first-order valence-corrected chi connectivity index (χ1v) is 6.52. The molecule has 1 atom stereocenters. The van der Waals surface area contributed by atoms with Crippen LogP contribution >= 0.6 is 0 Å². The summed E-state index contributed by atoms with van der Waals surface area (Å²) in [5.74, 6) is -2.30. The fraction of sp³-hybridized carbons (Fsp3) is 0.250. The molecule has 21 heavy (non-hydrogen) atoms. The Morgan fingerprint density at radius 2 is 1.71 bits per heavy atom. The number of nitrogens with one attached hydrogen (secondary N) is 1. The SMILES string of the molecule is COc1ccccc1[C@H](C)NCc1cc(F)c(F)cc1F. The van der Waals surface area contributed by atoms with Gasteiger partial charge in [0.2, 0.25) is 0 Å². The Kier molecular flexibility index (Phi) is 4.85. The summed E-state index contributed by atoms with van der Waals surface area (Å²) in [6, 6.07) is 8.73. The monoisotopic (exact) mass is 295 g/mol. The maximum Gasteiger partial charge on any atom is 0.161 e. The summed E-state index contributed by atoms with van der Waals surface area (Å²) in [5.41, 5.74) is 0.985. The smallest absolute Gasteiger partial charge is 0.161 e. The molecule has 0 aliphatic rings. The molecule has 0 aromatic heterocycles. The molecule has 2 aromatic rings. The summed E-state index contributed by atoms with van der Waals surface area (Å²) in [7, 11) is 1.57. The van der Waals surface area contributed by atoms with Crippen LogP contribution in [0.2, 0.25) is 0 Å². The van der Waals surface area contributed by atoms with Crippen molar-refractivity contribution < 1.29 is 17.9 Å². The Hall–Kier alpha value is -2.01. The first-order valence-electron chi connectivity index (χ1n) is 6.52. The first kappa shape index (κ1) is 15.4. The van der Waals surface area contributed by atoms with Gasteiger partial charge in [-0.15, -0.1) is 0 Å². The van der Waals surface area contributed by atoms with Crippen LogP contribution in [0, 0.1) is 17.5 Å². The van der Waals surface area contributed by atoms with Crippen molar-refractivity contribution in [3.05, 3.63) is 65.0 Å². The minimum Gasteiger partial charge on any atom is -0.496 e. The van der Waals surface area contributed by atoms with E-state index in [4.69, 9.17) is 4.74 Å². The summed E-state index contributed by atoms with van der Waals surface area (Å²) in [5, 5.41) is 3.07. The summed E-state index contributed by atoms with van der Waals surface area (Å²) >= 11 is 0. The van der Waals surface area contributed by atoms with Crippen LogP contribution in [0.4, 0.5) is 13.2 Å². The van der Waals surface area contributed by atoms with Gasteiger partial charge in [-0.3, -0.25) is 0 Å². The van der Waals surface area contributed by atoms with E-state index in [1.165, 1.54) is 0 Å². The lowest BCUT2D eigenvalue weighted by Crippen LogP contribution is -2.19. The lowest BCUT2D eigenvalue weighted by Gasteiger charge is -2.17. The van der Waals surface area contributed by atoms with Crippen molar-refractivity contribution in [3.8, 4) is 5.75 Å². The van der Waals surface area contributed by atoms with E-state index in [2.05, 4.69) is 5.32 Å². The Morgan fingerprint density at radius 1 is 1.05 bits per heavy atom. The second kappa shape index (κ2) is 6.63. The van der Waals surface area contributed by atoms with Crippen LogP contribution < -0.4 is 10.1 Å². The van der Waals surface area contributed by atoms with Gasteiger partial charge in [-0.05, 0) is 19.1 Å². The summed E-state index contributed by atoms with van der Waals surface area (Å²) in [4.78, 5) is 0. The van der Waals surface area contributed by atoms with Crippen LogP contribution in [0.25, 0.3) is 0 Å². The minimum absolute atomic E-state index is 0.0793. The molecule has 0 fully saturated rings. The van der Waals surface area contributed by atoms with E-state index in [9.17, 15) is 13.2 Å². The van der Waals surface area contributed by atoms with Crippen molar-refractivity contribution in [3.63, 3.8) is 0 Å². The third kappa shape index (κ3) is 3.55. The first-order chi connectivity index (χ1) is 10.0. The van der Waals surface area contributed by atoms with Crippen LogP contribution in [0.3, 0.4) is 0 Å². The molecular formula is C16H16F3NO. The van der Waals surface area contributed by atoms with Crippen LogP contribution in [0.1, 0.15) is 24.1 Å². The lowest BCUT2D eigenvalue weighted by molar-refractivity contribution is 0.401. The van der Waals surface area contributed by atoms with Gasteiger partial charge in [0.1, 0.15) is 11.6 Å². The molecule has 0 aliphatic heterocycles. The van der Waals surface area contributed by atoms with Crippen LogP contribution in [-0.4, -0.2) is 7.11 Å². The number of halogens is 3. The number of hydrogen-bond donors (Lipinski definition) is 1. The van der Waals surface area contributed by atoms with Crippen LogP contribution in [-0.2, 0) is 6.54 Å². The van der Waals surface area contributed by atoms with Gasteiger partial charge in [0.15, 0.2) is 11.6 Å². The molecule has 0 saturated heterocycles. The molecule has 0 aliphatic carbocycles. The zero-order valence-corrected chi connectivity index (χ0v) is 11.8. The predicted molar refractivity (Wildman–Crippen MR) is 74.6 cm³/mol. The van der Waals surface area contributed by atoms with Gasteiger partial charge in [-0.25, -0.2) is 13.2 Å². The third-order valence-electron chi connectivity index (χ3n) is 3.29. The molecule has 1 N–H and O–H groups in total.